The number of halogens is 1. The zero-order valence-corrected chi connectivity index (χ0v) is 11.1. The normalized spacial score (nSPS) is 14.3. The molecule has 0 aromatic carbocycles. The number of aromatic nitrogens is 1. The van der Waals surface area contributed by atoms with Crippen LogP contribution in [0.25, 0.3) is 0 Å². The molecule has 92 valence electrons. The number of hydrogen-bond donors (Lipinski definition) is 0. The third-order valence-electron chi connectivity index (χ3n) is 2.87. The summed E-state index contributed by atoms with van der Waals surface area (Å²) in [5, 5.41) is 0. The third-order valence-corrected chi connectivity index (χ3v) is 5.11. The number of rotatable bonds is 2. The summed E-state index contributed by atoms with van der Waals surface area (Å²) in [6, 6.07) is 3.35. The molecule has 3 rings (SSSR count). The minimum atomic E-state index is -0.553. The van der Waals surface area contributed by atoms with Gasteiger partial charge in [0.1, 0.15) is 0 Å². The van der Waals surface area contributed by atoms with Crippen molar-refractivity contribution in [3.8, 4) is 0 Å². The molecule has 2 aromatic heterocycles. The molecule has 18 heavy (non-hydrogen) atoms. The van der Waals surface area contributed by atoms with E-state index in [0.717, 1.165) is 24.1 Å². The number of aryl methyl sites for hydroxylation is 1. The van der Waals surface area contributed by atoms with Gasteiger partial charge in [-0.25, -0.2) is 4.39 Å². The van der Waals surface area contributed by atoms with Gasteiger partial charge in [-0.2, -0.15) is 11.8 Å². The first-order chi connectivity index (χ1) is 8.75. The van der Waals surface area contributed by atoms with Gasteiger partial charge in [-0.15, -0.1) is 11.3 Å². The monoisotopic (exact) mass is 279 g/mol. The van der Waals surface area contributed by atoms with Crippen molar-refractivity contribution in [2.75, 3.05) is 5.75 Å². The lowest BCUT2D eigenvalue weighted by Gasteiger charge is -2.08. The van der Waals surface area contributed by atoms with E-state index in [0.29, 0.717) is 4.88 Å². The van der Waals surface area contributed by atoms with Crippen LogP contribution in [-0.2, 0) is 12.2 Å². The number of fused-ring (bicyclic) bond motifs is 1. The fraction of sp³-hybridized carbons (Fsp3) is 0.231. The second kappa shape index (κ2) is 4.82. The molecule has 0 saturated carbocycles. The van der Waals surface area contributed by atoms with E-state index >= 15 is 0 Å². The molecule has 0 spiro atoms. The molecule has 1 aliphatic heterocycles. The molecule has 0 aliphatic carbocycles. The Hall–Kier alpha value is -1.20. The smallest absolute Gasteiger partial charge is 0.206 e. The summed E-state index contributed by atoms with van der Waals surface area (Å²) < 4.78 is 13.5. The van der Waals surface area contributed by atoms with Crippen molar-refractivity contribution in [2.45, 2.75) is 12.2 Å². The van der Waals surface area contributed by atoms with Gasteiger partial charge in [-0.3, -0.25) is 9.78 Å². The van der Waals surface area contributed by atoms with Gasteiger partial charge in [0.15, 0.2) is 5.82 Å². The van der Waals surface area contributed by atoms with Crippen molar-refractivity contribution < 1.29 is 9.18 Å². The molecular weight excluding hydrogens is 269 g/mol. The molecular formula is C13H10FNOS2. The number of ketones is 1. The fourth-order valence-corrected chi connectivity index (χ4v) is 4.28. The highest BCUT2D eigenvalue weighted by molar-refractivity contribution is 7.98. The SMILES string of the molecule is O=C(c1cc2c(s1)CCSC2)c1ccncc1F. The summed E-state index contributed by atoms with van der Waals surface area (Å²) in [4.78, 5) is 17.8. The van der Waals surface area contributed by atoms with Gasteiger partial charge in [0.25, 0.3) is 0 Å². The van der Waals surface area contributed by atoms with E-state index in [-0.39, 0.29) is 11.3 Å². The Balaban J connectivity index is 1.98. The number of carbonyl (C=O) groups excluding carboxylic acids is 1. The maximum absolute atomic E-state index is 13.5. The maximum Gasteiger partial charge on any atom is 0.206 e. The van der Waals surface area contributed by atoms with E-state index < -0.39 is 5.82 Å². The van der Waals surface area contributed by atoms with Crippen molar-refractivity contribution >= 4 is 28.9 Å². The van der Waals surface area contributed by atoms with E-state index in [1.54, 1.807) is 0 Å². The highest BCUT2D eigenvalue weighted by Crippen LogP contribution is 2.32. The highest BCUT2D eigenvalue weighted by atomic mass is 32.2. The molecule has 0 radical (unpaired) electrons. The summed E-state index contributed by atoms with van der Waals surface area (Å²) in [5.74, 6) is 1.27. The zero-order valence-electron chi connectivity index (χ0n) is 9.48. The van der Waals surface area contributed by atoms with Gasteiger partial charge in [0.05, 0.1) is 16.6 Å². The van der Waals surface area contributed by atoms with Crippen LogP contribution < -0.4 is 0 Å². The van der Waals surface area contributed by atoms with Crippen LogP contribution >= 0.6 is 23.1 Å². The minimum Gasteiger partial charge on any atom is -0.288 e. The van der Waals surface area contributed by atoms with Crippen LogP contribution in [0, 0.1) is 5.82 Å². The van der Waals surface area contributed by atoms with Gasteiger partial charge < -0.3 is 0 Å². The number of thioether (sulfide) groups is 1. The summed E-state index contributed by atoms with van der Waals surface area (Å²) in [6.45, 7) is 0. The molecule has 3 heterocycles. The van der Waals surface area contributed by atoms with E-state index in [1.807, 2.05) is 17.8 Å². The second-order valence-corrected chi connectivity index (χ2v) is 6.29. The Morgan fingerprint density at radius 3 is 3.11 bits per heavy atom. The zero-order chi connectivity index (χ0) is 12.5. The molecule has 0 bridgehead atoms. The molecule has 0 unspecified atom stereocenters. The van der Waals surface area contributed by atoms with E-state index in [1.165, 1.54) is 34.0 Å². The molecule has 0 atom stereocenters. The van der Waals surface area contributed by atoms with Crippen LogP contribution in [0.15, 0.2) is 24.5 Å². The number of hydrogen-bond acceptors (Lipinski definition) is 4. The van der Waals surface area contributed by atoms with Crippen LogP contribution in [0.1, 0.15) is 25.7 Å². The quantitative estimate of drug-likeness (QED) is 0.790. The van der Waals surface area contributed by atoms with Gasteiger partial charge >= 0.3 is 0 Å². The average Bonchev–Trinajstić information content (AvgIpc) is 2.82. The fourth-order valence-electron chi connectivity index (χ4n) is 1.95. The lowest BCUT2D eigenvalue weighted by molar-refractivity contribution is 0.103. The third kappa shape index (κ3) is 2.08. The van der Waals surface area contributed by atoms with Gasteiger partial charge in [-0.1, -0.05) is 0 Å². The van der Waals surface area contributed by atoms with Gasteiger partial charge in [-0.05, 0) is 29.9 Å². The van der Waals surface area contributed by atoms with Gasteiger partial charge in [0.2, 0.25) is 5.78 Å². The summed E-state index contributed by atoms with van der Waals surface area (Å²) in [6.07, 6.45) is 3.53. The Kier molecular flexibility index (Phi) is 3.18. The Morgan fingerprint density at radius 1 is 1.44 bits per heavy atom. The highest BCUT2D eigenvalue weighted by Gasteiger charge is 2.20. The topological polar surface area (TPSA) is 30.0 Å². The average molecular weight is 279 g/mol. The lowest BCUT2D eigenvalue weighted by Crippen LogP contribution is -2.02. The number of carbonyl (C=O) groups is 1. The molecule has 1 aliphatic rings. The Labute approximate surface area is 112 Å². The van der Waals surface area contributed by atoms with E-state index in [2.05, 4.69) is 4.98 Å². The molecule has 5 heteroatoms. The number of nitrogens with zero attached hydrogens (tertiary/aromatic N) is 1. The summed E-state index contributed by atoms with van der Waals surface area (Å²) in [7, 11) is 0. The van der Waals surface area contributed by atoms with E-state index in [4.69, 9.17) is 0 Å². The Bertz CT molecular complexity index is 585. The van der Waals surface area contributed by atoms with Crippen molar-refractivity contribution in [3.63, 3.8) is 0 Å². The molecule has 2 nitrogen and oxygen atoms in total. The first kappa shape index (κ1) is 11.9. The lowest BCUT2D eigenvalue weighted by atomic mass is 10.1. The van der Waals surface area contributed by atoms with Crippen LogP contribution in [0.2, 0.25) is 0 Å². The molecule has 0 amide bonds. The standard InChI is InChI=1S/C13H10FNOS2/c14-10-6-15-3-1-9(10)13(16)12-5-8-7-17-4-2-11(8)18-12/h1,3,5-6H,2,4,7H2. The van der Waals surface area contributed by atoms with E-state index in [9.17, 15) is 9.18 Å². The number of pyridine rings is 1. The van der Waals surface area contributed by atoms with Crippen molar-refractivity contribution in [1.29, 1.82) is 0 Å². The predicted molar refractivity (Wildman–Crippen MR) is 71.8 cm³/mol. The van der Waals surface area contributed by atoms with Crippen molar-refractivity contribution in [3.05, 3.63) is 51.2 Å². The van der Waals surface area contributed by atoms with Crippen LogP contribution in [-0.4, -0.2) is 16.5 Å². The maximum atomic E-state index is 13.5. The molecule has 0 saturated heterocycles. The van der Waals surface area contributed by atoms with Crippen LogP contribution in [0.4, 0.5) is 4.39 Å². The first-order valence-electron chi connectivity index (χ1n) is 5.59. The summed E-state index contributed by atoms with van der Waals surface area (Å²) in [5.41, 5.74) is 1.34. The largest absolute Gasteiger partial charge is 0.288 e. The Morgan fingerprint density at radius 2 is 2.33 bits per heavy atom. The predicted octanol–water partition coefficient (Wildman–Crippen LogP) is 3.30. The summed E-state index contributed by atoms with van der Waals surface area (Å²) >= 11 is 3.37. The number of thiophene rings is 1. The minimum absolute atomic E-state index is 0.108. The second-order valence-electron chi connectivity index (χ2n) is 4.05. The first-order valence-corrected chi connectivity index (χ1v) is 7.56. The molecule has 0 N–H and O–H groups in total. The van der Waals surface area contributed by atoms with Crippen LogP contribution in [0.3, 0.4) is 0 Å². The molecule has 0 fully saturated rings. The van der Waals surface area contributed by atoms with Crippen molar-refractivity contribution in [2.24, 2.45) is 0 Å². The molecule has 2 aromatic rings. The van der Waals surface area contributed by atoms with Gasteiger partial charge in [0, 0.05) is 16.8 Å². The van der Waals surface area contributed by atoms with Crippen LogP contribution in [0.5, 0.6) is 0 Å². The van der Waals surface area contributed by atoms with Crippen molar-refractivity contribution in [1.82, 2.24) is 4.98 Å².